The average Bonchev–Trinajstić information content (AvgIpc) is 2.34. The fourth-order valence-corrected chi connectivity index (χ4v) is 1.72. The van der Waals surface area contributed by atoms with E-state index in [9.17, 15) is 4.79 Å². The zero-order valence-corrected chi connectivity index (χ0v) is 14.0. The molecule has 5 heteroatoms. The van der Waals surface area contributed by atoms with Crippen LogP contribution < -0.4 is 10.1 Å². The zero-order chi connectivity index (χ0) is 16.3. The molecule has 0 saturated carbocycles. The van der Waals surface area contributed by atoms with E-state index in [4.69, 9.17) is 21.4 Å². The molecule has 0 amide bonds. The van der Waals surface area contributed by atoms with E-state index in [0.29, 0.717) is 17.3 Å². The number of nitrogens with one attached hydrogen (secondary N) is 1. The molecule has 0 atom stereocenters. The average molecular weight is 314 g/mol. The van der Waals surface area contributed by atoms with Gasteiger partial charge in [-0.1, -0.05) is 17.7 Å². The van der Waals surface area contributed by atoms with Crippen LogP contribution in [0.25, 0.3) is 0 Å². The molecule has 1 rings (SSSR count). The van der Waals surface area contributed by atoms with Gasteiger partial charge in [0.25, 0.3) is 0 Å². The number of benzene rings is 1. The standard InChI is InChI=1S/C16H24ClNO3/c1-15(2,3)18-9-11-6-7-13(12(17)8-11)21-10-16(4,5)14(19)20/h6-8,18H,9-10H2,1-5H3,(H,19,20). The molecular weight excluding hydrogens is 290 g/mol. The molecule has 4 nitrogen and oxygen atoms in total. The molecule has 0 spiro atoms. The lowest BCUT2D eigenvalue weighted by Gasteiger charge is -2.22. The fraction of sp³-hybridized carbons (Fsp3) is 0.562. The predicted octanol–water partition coefficient (Wildman–Crippen LogP) is 3.72. The summed E-state index contributed by atoms with van der Waals surface area (Å²) in [6, 6.07) is 5.54. The molecule has 0 heterocycles. The van der Waals surface area contributed by atoms with E-state index in [-0.39, 0.29) is 12.1 Å². The minimum absolute atomic E-state index is 0.0349. The molecule has 1 aromatic rings. The van der Waals surface area contributed by atoms with Crippen molar-refractivity contribution in [2.75, 3.05) is 6.61 Å². The highest BCUT2D eigenvalue weighted by Gasteiger charge is 2.28. The van der Waals surface area contributed by atoms with Crippen LogP contribution in [0.15, 0.2) is 18.2 Å². The summed E-state index contributed by atoms with van der Waals surface area (Å²) in [6.07, 6.45) is 0. The Morgan fingerprint density at radius 2 is 1.90 bits per heavy atom. The second-order valence-electron chi connectivity index (χ2n) is 6.85. The number of carbonyl (C=O) groups is 1. The van der Waals surface area contributed by atoms with Crippen LogP contribution in [0.5, 0.6) is 5.75 Å². The van der Waals surface area contributed by atoms with E-state index in [1.54, 1.807) is 19.9 Å². The largest absolute Gasteiger partial charge is 0.491 e. The number of carboxylic acids is 1. The number of halogens is 1. The van der Waals surface area contributed by atoms with E-state index in [1.165, 1.54) is 0 Å². The van der Waals surface area contributed by atoms with Crippen LogP contribution in [0, 0.1) is 5.41 Å². The number of hydrogen-bond donors (Lipinski definition) is 2. The van der Waals surface area contributed by atoms with Gasteiger partial charge in [-0.05, 0) is 52.3 Å². The van der Waals surface area contributed by atoms with Crippen molar-refractivity contribution in [1.82, 2.24) is 5.32 Å². The number of carboxylic acid groups (broad SMARTS) is 1. The van der Waals surface area contributed by atoms with Crippen LogP contribution >= 0.6 is 11.6 Å². The molecule has 0 fully saturated rings. The lowest BCUT2D eigenvalue weighted by molar-refractivity contribution is -0.148. The van der Waals surface area contributed by atoms with Gasteiger partial charge in [-0.15, -0.1) is 0 Å². The molecule has 0 radical (unpaired) electrons. The molecule has 1 aromatic carbocycles. The molecule has 21 heavy (non-hydrogen) atoms. The second-order valence-corrected chi connectivity index (χ2v) is 7.25. The van der Waals surface area contributed by atoms with E-state index in [1.807, 2.05) is 12.1 Å². The summed E-state index contributed by atoms with van der Waals surface area (Å²) in [7, 11) is 0. The predicted molar refractivity (Wildman–Crippen MR) is 85.0 cm³/mol. The molecule has 0 aliphatic carbocycles. The van der Waals surface area contributed by atoms with Crippen molar-refractivity contribution < 1.29 is 14.6 Å². The van der Waals surface area contributed by atoms with E-state index in [0.717, 1.165) is 5.56 Å². The number of hydrogen-bond acceptors (Lipinski definition) is 3. The van der Waals surface area contributed by atoms with E-state index >= 15 is 0 Å². The highest BCUT2D eigenvalue weighted by atomic mass is 35.5. The van der Waals surface area contributed by atoms with Crippen LogP contribution in [0.1, 0.15) is 40.2 Å². The third-order valence-corrected chi connectivity index (χ3v) is 3.28. The van der Waals surface area contributed by atoms with E-state index in [2.05, 4.69) is 26.1 Å². The van der Waals surface area contributed by atoms with Crippen molar-refractivity contribution in [3.05, 3.63) is 28.8 Å². The van der Waals surface area contributed by atoms with Crippen molar-refractivity contribution in [2.24, 2.45) is 5.41 Å². The summed E-state index contributed by atoms with van der Waals surface area (Å²) < 4.78 is 5.53. The van der Waals surface area contributed by atoms with Gasteiger partial charge in [0, 0.05) is 12.1 Å². The van der Waals surface area contributed by atoms with Crippen LogP contribution in [0.2, 0.25) is 5.02 Å². The van der Waals surface area contributed by atoms with Crippen LogP contribution in [0.3, 0.4) is 0 Å². The van der Waals surface area contributed by atoms with Gasteiger partial charge in [-0.3, -0.25) is 4.79 Å². The molecule has 2 N–H and O–H groups in total. The minimum atomic E-state index is -0.949. The Balaban J connectivity index is 2.69. The third kappa shape index (κ3) is 5.94. The SMILES string of the molecule is CC(C)(C)NCc1ccc(OCC(C)(C)C(=O)O)c(Cl)c1. The first-order valence-electron chi connectivity index (χ1n) is 6.91. The van der Waals surface area contributed by atoms with Crippen LogP contribution in [-0.4, -0.2) is 23.2 Å². The Labute approximate surface area is 131 Å². The van der Waals surface area contributed by atoms with E-state index < -0.39 is 11.4 Å². The van der Waals surface area contributed by atoms with Gasteiger partial charge in [0.1, 0.15) is 12.4 Å². The molecule has 0 aromatic heterocycles. The first-order valence-corrected chi connectivity index (χ1v) is 7.29. The Kier molecular flexibility index (Phi) is 5.65. The topological polar surface area (TPSA) is 58.6 Å². The second kappa shape index (κ2) is 6.67. The van der Waals surface area contributed by atoms with Gasteiger partial charge in [0.15, 0.2) is 0 Å². The number of rotatable bonds is 6. The Morgan fingerprint density at radius 3 is 2.38 bits per heavy atom. The summed E-state index contributed by atoms with van der Waals surface area (Å²) in [6.45, 7) is 10.3. The summed E-state index contributed by atoms with van der Waals surface area (Å²) in [5.74, 6) is -0.393. The quantitative estimate of drug-likeness (QED) is 0.840. The Bertz CT molecular complexity index is 507. The van der Waals surface area contributed by atoms with Gasteiger partial charge in [0.2, 0.25) is 0 Å². The Hall–Kier alpha value is -1.26. The first kappa shape index (κ1) is 17.8. The lowest BCUT2D eigenvalue weighted by atomic mass is 9.95. The molecule has 0 unspecified atom stereocenters. The third-order valence-electron chi connectivity index (χ3n) is 2.99. The van der Waals surface area contributed by atoms with Crippen LogP contribution in [0.4, 0.5) is 0 Å². The maximum atomic E-state index is 11.0. The number of aliphatic carboxylic acids is 1. The normalized spacial score (nSPS) is 12.3. The fourth-order valence-electron chi connectivity index (χ4n) is 1.46. The molecule has 0 aliphatic heterocycles. The zero-order valence-electron chi connectivity index (χ0n) is 13.3. The van der Waals surface area contributed by atoms with Gasteiger partial charge in [-0.25, -0.2) is 0 Å². The molecule has 0 bridgehead atoms. The van der Waals surface area contributed by atoms with Crippen LogP contribution in [-0.2, 0) is 11.3 Å². The van der Waals surface area contributed by atoms with Crippen molar-refractivity contribution in [3.8, 4) is 5.75 Å². The summed E-state index contributed by atoms with van der Waals surface area (Å²) >= 11 is 6.19. The van der Waals surface area contributed by atoms with Gasteiger partial charge in [-0.2, -0.15) is 0 Å². The summed E-state index contributed by atoms with van der Waals surface area (Å²) in [5, 5.41) is 12.9. The van der Waals surface area contributed by atoms with Crippen molar-refractivity contribution >= 4 is 17.6 Å². The van der Waals surface area contributed by atoms with Gasteiger partial charge in [0.05, 0.1) is 10.4 Å². The molecule has 0 saturated heterocycles. The molecule has 118 valence electrons. The maximum Gasteiger partial charge on any atom is 0.312 e. The number of ether oxygens (including phenoxy) is 1. The van der Waals surface area contributed by atoms with Gasteiger partial charge < -0.3 is 15.2 Å². The van der Waals surface area contributed by atoms with Crippen molar-refractivity contribution in [3.63, 3.8) is 0 Å². The molecular formula is C16H24ClNO3. The molecule has 0 aliphatic rings. The van der Waals surface area contributed by atoms with Crippen molar-refractivity contribution in [2.45, 2.75) is 46.7 Å². The Morgan fingerprint density at radius 1 is 1.29 bits per heavy atom. The maximum absolute atomic E-state index is 11.0. The summed E-state index contributed by atoms with van der Waals surface area (Å²) in [4.78, 5) is 11.0. The summed E-state index contributed by atoms with van der Waals surface area (Å²) in [5.41, 5.74) is 0.142. The monoisotopic (exact) mass is 313 g/mol. The first-order chi connectivity index (χ1) is 9.51. The smallest absolute Gasteiger partial charge is 0.312 e. The lowest BCUT2D eigenvalue weighted by Crippen LogP contribution is -2.35. The van der Waals surface area contributed by atoms with Crippen molar-refractivity contribution in [1.29, 1.82) is 0 Å². The van der Waals surface area contributed by atoms with Gasteiger partial charge >= 0.3 is 5.97 Å². The highest BCUT2D eigenvalue weighted by Crippen LogP contribution is 2.27. The highest BCUT2D eigenvalue weighted by molar-refractivity contribution is 6.32. The minimum Gasteiger partial charge on any atom is -0.491 e.